The molecule has 2 heterocycles. The molecule has 1 aliphatic heterocycles. The van der Waals surface area contributed by atoms with E-state index in [1.54, 1.807) is 0 Å². The van der Waals surface area contributed by atoms with Gasteiger partial charge in [0.1, 0.15) is 0 Å². The normalized spacial score (nSPS) is 14.7. The number of ether oxygens (including phenoxy) is 1. The summed E-state index contributed by atoms with van der Waals surface area (Å²) < 4.78 is 9.48. The number of carbonyl (C=O) groups is 1. The van der Waals surface area contributed by atoms with Crippen molar-refractivity contribution in [3.05, 3.63) is 0 Å². The quantitative estimate of drug-likeness (QED) is 0.828. The summed E-state index contributed by atoms with van der Waals surface area (Å²) in [5.74, 6) is 1.21. The van der Waals surface area contributed by atoms with Gasteiger partial charge in [-0.05, 0) is 31.3 Å². The molecule has 2 rings (SSSR count). The fourth-order valence-corrected chi connectivity index (χ4v) is 2.78. The molecule has 0 bridgehead atoms. The number of nitrogens with zero attached hydrogens (tertiary/aromatic N) is 2. The summed E-state index contributed by atoms with van der Waals surface area (Å²) >= 11 is 1.26. The van der Waals surface area contributed by atoms with Crippen LogP contribution in [-0.4, -0.2) is 41.4 Å². The lowest BCUT2D eigenvalue weighted by Gasteiger charge is -2.15. The third-order valence-corrected chi connectivity index (χ3v) is 3.85. The van der Waals surface area contributed by atoms with E-state index in [-0.39, 0.29) is 5.91 Å². The zero-order chi connectivity index (χ0) is 13.7. The maximum absolute atomic E-state index is 11.9. The molecular weight excluding hydrogens is 264 g/mol. The number of anilines is 2. The van der Waals surface area contributed by atoms with Gasteiger partial charge in [0.2, 0.25) is 5.91 Å². The molecule has 0 unspecified atom stereocenters. The first-order valence-electron chi connectivity index (χ1n) is 6.62. The number of carbonyl (C=O) groups excluding carboxylic acids is 1. The number of likely N-dealkylation sites (tertiary alicyclic amines) is 1. The predicted molar refractivity (Wildman–Crippen MR) is 76.6 cm³/mol. The molecule has 0 atom stereocenters. The van der Waals surface area contributed by atoms with Crippen LogP contribution in [0.4, 0.5) is 10.8 Å². The highest BCUT2D eigenvalue weighted by Crippen LogP contribution is 2.34. The van der Waals surface area contributed by atoms with Crippen LogP contribution in [-0.2, 0) is 4.79 Å². The summed E-state index contributed by atoms with van der Waals surface area (Å²) in [5, 5.41) is 3.98. The van der Waals surface area contributed by atoms with Crippen molar-refractivity contribution in [1.82, 2.24) is 9.27 Å². The second-order valence-electron chi connectivity index (χ2n) is 4.42. The number of nitrogens with two attached hydrogens (primary N) is 1. The SMILES string of the molecule is CCOc1c(N)nsc1NCCC(=O)N1CCCC1. The Morgan fingerprint density at radius 3 is 2.95 bits per heavy atom. The van der Waals surface area contributed by atoms with Gasteiger partial charge in [0, 0.05) is 26.1 Å². The zero-order valence-electron chi connectivity index (χ0n) is 11.1. The molecule has 1 amide bonds. The van der Waals surface area contributed by atoms with Gasteiger partial charge in [-0.3, -0.25) is 4.79 Å². The zero-order valence-corrected chi connectivity index (χ0v) is 12.0. The Morgan fingerprint density at radius 2 is 2.26 bits per heavy atom. The summed E-state index contributed by atoms with van der Waals surface area (Å²) in [5.41, 5.74) is 5.72. The van der Waals surface area contributed by atoms with Gasteiger partial charge >= 0.3 is 0 Å². The van der Waals surface area contributed by atoms with Crippen LogP contribution < -0.4 is 15.8 Å². The third-order valence-electron chi connectivity index (χ3n) is 3.05. The van der Waals surface area contributed by atoms with Crippen LogP contribution in [0.2, 0.25) is 0 Å². The number of hydrogen-bond donors (Lipinski definition) is 2. The Kier molecular flexibility index (Phi) is 4.84. The molecule has 3 N–H and O–H groups in total. The molecule has 1 fully saturated rings. The van der Waals surface area contributed by atoms with Crippen molar-refractivity contribution in [2.24, 2.45) is 0 Å². The highest BCUT2D eigenvalue weighted by molar-refractivity contribution is 7.11. The Morgan fingerprint density at radius 1 is 1.53 bits per heavy atom. The minimum atomic E-state index is 0.209. The maximum Gasteiger partial charge on any atom is 0.224 e. The Bertz CT molecular complexity index is 429. The topological polar surface area (TPSA) is 80.5 Å². The summed E-state index contributed by atoms with van der Waals surface area (Å²) in [6.45, 7) is 4.83. The summed E-state index contributed by atoms with van der Waals surface area (Å²) in [6.07, 6.45) is 2.74. The lowest BCUT2D eigenvalue weighted by molar-refractivity contribution is -0.129. The van der Waals surface area contributed by atoms with Crippen LogP contribution in [0.3, 0.4) is 0 Å². The summed E-state index contributed by atoms with van der Waals surface area (Å²) in [7, 11) is 0. The lowest BCUT2D eigenvalue weighted by atomic mass is 10.3. The molecular formula is C12H20N4O2S. The van der Waals surface area contributed by atoms with E-state index < -0.39 is 0 Å². The second-order valence-corrected chi connectivity index (χ2v) is 5.20. The first-order chi connectivity index (χ1) is 9.22. The van der Waals surface area contributed by atoms with E-state index in [1.165, 1.54) is 11.5 Å². The first kappa shape index (κ1) is 13.9. The molecule has 19 heavy (non-hydrogen) atoms. The van der Waals surface area contributed by atoms with Crippen molar-refractivity contribution in [3.8, 4) is 5.75 Å². The highest BCUT2D eigenvalue weighted by Gasteiger charge is 2.18. The average Bonchev–Trinajstić information content (AvgIpc) is 3.03. The van der Waals surface area contributed by atoms with Crippen LogP contribution >= 0.6 is 11.5 Å². The minimum Gasteiger partial charge on any atom is -0.487 e. The van der Waals surface area contributed by atoms with E-state index in [0.29, 0.717) is 31.1 Å². The number of hydrogen-bond acceptors (Lipinski definition) is 6. The van der Waals surface area contributed by atoms with Gasteiger partial charge in [-0.2, -0.15) is 4.37 Å². The van der Waals surface area contributed by atoms with E-state index in [9.17, 15) is 4.79 Å². The van der Waals surface area contributed by atoms with Crippen molar-refractivity contribution in [2.75, 3.05) is 37.3 Å². The van der Waals surface area contributed by atoms with Crippen molar-refractivity contribution in [3.63, 3.8) is 0 Å². The standard InChI is InChI=1S/C12H20N4O2S/c1-2-18-10-11(13)15-19-12(10)14-6-5-9(17)16-7-3-4-8-16/h14H,2-8H2,1H3,(H2,13,15). The average molecular weight is 284 g/mol. The lowest BCUT2D eigenvalue weighted by Crippen LogP contribution is -2.29. The van der Waals surface area contributed by atoms with Crippen LogP contribution in [0.5, 0.6) is 5.75 Å². The molecule has 0 saturated carbocycles. The van der Waals surface area contributed by atoms with Crippen molar-refractivity contribution in [2.45, 2.75) is 26.2 Å². The maximum atomic E-state index is 11.9. The molecule has 0 aliphatic carbocycles. The van der Waals surface area contributed by atoms with Crippen molar-refractivity contribution in [1.29, 1.82) is 0 Å². The smallest absolute Gasteiger partial charge is 0.224 e. The van der Waals surface area contributed by atoms with Crippen LogP contribution in [0.15, 0.2) is 0 Å². The molecule has 1 aliphatic rings. The number of rotatable bonds is 6. The number of nitrogens with one attached hydrogen (secondary N) is 1. The molecule has 7 heteroatoms. The van der Waals surface area contributed by atoms with Gasteiger partial charge in [-0.25, -0.2) is 0 Å². The summed E-state index contributed by atoms with van der Waals surface area (Å²) in [6, 6.07) is 0. The highest BCUT2D eigenvalue weighted by atomic mass is 32.1. The molecule has 0 radical (unpaired) electrons. The number of amides is 1. The fraction of sp³-hybridized carbons (Fsp3) is 0.667. The van der Waals surface area contributed by atoms with Crippen LogP contribution in [0.25, 0.3) is 0 Å². The molecule has 106 valence electrons. The van der Waals surface area contributed by atoms with E-state index in [4.69, 9.17) is 10.5 Å². The molecule has 1 aromatic heterocycles. The molecule has 0 spiro atoms. The Hall–Kier alpha value is -1.50. The third kappa shape index (κ3) is 3.50. The van der Waals surface area contributed by atoms with E-state index in [0.717, 1.165) is 30.9 Å². The van der Waals surface area contributed by atoms with Crippen molar-refractivity contribution >= 4 is 28.3 Å². The van der Waals surface area contributed by atoms with Crippen molar-refractivity contribution < 1.29 is 9.53 Å². The molecule has 1 aromatic rings. The molecule has 6 nitrogen and oxygen atoms in total. The largest absolute Gasteiger partial charge is 0.487 e. The molecule has 0 aromatic carbocycles. The minimum absolute atomic E-state index is 0.209. The van der Waals surface area contributed by atoms with Gasteiger partial charge in [0.15, 0.2) is 16.6 Å². The van der Waals surface area contributed by atoms with Crippen LogP contribution in [0.1, 0.15) is 26.2 Å². The van der Waals surface area contributed by atoms with Gasteiger partial charge in [0.05, 0.1) is 6.61 Å². The number of nitrogen functional groups attached to an aromatic ring is 1. The summed E-state index contributed by atoms with van der Waals surface area (Å²) in [4.78, 5) is 13.8. The van der Waals surface area contributed by atoms with Gasteiger partial charge in [-0.15, -0.1) is 0 Å². The van der Waals surface area contributed by atoms with Crippen LogP contribution in [0, 0.1) is 0 Å². The monoisotopic (exact) mass is 284 g/mol. The predicted octanol–water partition coefficient (Wildman–Crippen LogP) is 1.55. The molecule has 1 saturated heterocycles. The van der Waals surface area contributed by atoms with Gasteiger partial charge in [-0.1, -0.05) is 0 Å². The second kappa shape index (κ2) is 6.60. The van der Waals surface area contributed by atoms with E-state index in [1.807, 2.05) is 11.8 Å². The fourth-order valence-electron chi connectivity index (χ4n) is 2.10. The van der Waals surface area contributed by atoms with Gasteiger partial charge in [0.25, 0.3) is 0 Å². The Labute approximate surface area is 117 Å². The van der Waals surface area contributed by atoms with Gasteiger partial charge < -0.3 is 20.7 Å². The number of aromatic nitrogens is 1. The van der Waals surface area contributed by atoms with E-state index in [2.05, 4.69) is 9.69 Å². The first-order valence-corrected chi connectivity index (χ1v) is 7.39. The van der Waals surface area contributed by atoms with E-state index >= 15 is 0 Å². The Balaban J connectivity index is 1.80.